The smallest absolute Gasteiger partial charge is 0.297 e. The van der Waals surface area contributed by atoms with Crippen molar-refractivity contribution in [3.8, 4) is 0 Å². The summed E-state index contributed by atoms with van der Waals surface area (Å²) >= 11 is -2.01. The Morgan fingerprint density at radius 1 is 1.27 bits per heavy atom. The number of hydrogen-bond acceptors (Lipinski definition) is 8. The van der Waals surface area contributed by atoms with Crippen LogP contribution in [-0.2, 0) is 35.2 Å². The monoisotopic (exact) mass is 435 g/mol. The van der Waals surface area contributed by atoms with Crippen molar-refractivity contribution in [3.05, 3.63) is 41.5 Å². The number of aryl methyl sites for hydroxylation is 1. The number of fused-ring (bicyclic) bond motifs is 1. The van der Waals surface area contributed by atoms with Gasteiger partial charge in [0.2, 0.25) is 0 Å². The molecule has 0 amide bonds. The Hall–Kier alpha value is -1.11. The summed E-state index contributed by atoms with van der Waals surface area (Å²) in [6, 6.07) is 7.22. The molecule has 11 heteroatoms. The van der Waals surface area contributed by atoms with Crippen molar-refractivity contribution in [2.75, 3.05) is 0 Å². The van der Waals surface area contributed by atoms with E-state index in [1.54, 1.807) is 12.1 Å². The minimum atomic E-state index is -4.14. The van der Waals surface area contributed by atoms with Gasteiger partial charge in [0.25, 0.3) is 10.1 Å². The Balaban J connectivity index is 2.04. The van der Waals surface area contributed by atoms with Crippen LogP contribution in [0.5, 0.6) is 0 Å². The van der Waals surface area contributed by atoms with E-state index in [2.05, 4.69) is 0 Å². The minimum absolute atomic E-state index is 0.0476. The predicted molar refractivity (Wildman–Crippen MR) is 95.0 cm³/mol. The molecule has 0 radical (unpaired) electrons. The van der Waals surface area contributed by atoms with Gasteiger partial charge in [-0.3, -0.25) is 8.39 Å². The minimum Gasteiger partial charge on any atom is -0.768 e. The van der Waals surface area contributed by atoms with E-state index in [1.807, 2.05) is 6.92 Å². The summed E-state index contributed by atoms with van der Waals surface area (Å²) in [4.78, 5) is -0.0476. The summed E-state index contributed by atoms with van der Waals surface area (Å²) < 4.78 is 77.4. The van der Waals surface area contributed by atoms with E-state index in [9.17, 15) is 25.6 Å². The largest absolute Gasteiger partial charge is 0.768 e. The van der Waals surface area contributed by atoms with Crippen LogP contribution in [0.2, 0.25) is 0 Å². The molecular formula is C15H15O7S4-. The lowest BCUT2D eigenvalue weighted by Crippen LogP contribution is -2.28. The summed E-state index contributed by atoms with van der Waals surface area (Å²) in [7, 11) is -7.86. The lowest BCUT2D eigenvalue weighted by molar-refractivity contribution is 0.196. The second-order valence-corrected chi connectivity index (χ2v) is 12.3. The molecule has 0 aliphatic carbocycles. The van der Waals surface area contributed by atoms with Crippen molar-refractivity contribution >= 4 is 42.4 Å². The van der Waals surface area contributed by atoms with Crippen LogP contribution in [0.1, 0.15) is 30.6 Å². The van der Waals surface area contributed by atoms with Crippen molar-refractivity contribution in [3.63, 3.8) is 0 Å². The first-order valence-corrected chi connectivity index (χ1v) is 12.3. The summed E-state index contributed by atoms with van der Waals surface area (Å²) in [5.41, 5.74) is 0.951. The van der Waals surface area contributed by atoms with Crippen molar-refractivity contribution in [1.29, 1.82) is 0 Å². The Morgan fingerprint density at radius 3 is 2.46 bits per heavy atom. The molecule has 2 heterocycles. The third-order valence-electron chi connectivity index (χ3n) is 4.10. The molecule has 1 aromatic carbocycles. The van der Waals surface area contributed by atoms with Gasteiger partial charge < -0.3 is 4.55 Å². The molecule has 1 aliphatic heterocycles. The van der Waals surface area contributed by atoms with Crippen molar-refractivity contribution in [1.82, 2.24) is 0 Å². The lowest BCUT2D eigenvalue weighted by Gasteiger charge is -2.26. The van der Waals surface area contributed by atoms with E-state index in [4.69, 9.17) is 4.18 Å². The molecule has 7 nitrogen and oxygen atoms in total. The van der Waals surface area contributed by atoms with E-state index >= 15 is 0 Å². The van der Waals surface area contributed by atoms with Crippen molar-refractivity contribution in [2.45, 2.75) is 44.9 Å². The summed E-state index contributed by atoms with van der Waals surface area (Å²) in [5, 5.41) is -0.889. The fourth-order valence-corrected chi connectivity index (χ4v) is 7.83. The van der Waals surface area contributed by atoms with Crippen LogP contribution in [-0.4, -0.2) is 30.8 Å². The summed E-state index contributed by atoms with van der Waals surface area (Å²) in [6.07, 6.45) is -1.15. The number of thiophene rings is 1. The highest BCUT2D eigenvalue weighted by Gasteiger charge is 2.41. The quantitative estimate of drug-likeness (QED) is 0.534. The van der Waals surface area contributed by atoms with Crippen LogP contribution in [0.25, 0.3) is 0 Å². The Kier molecular flexibility index (Phi) is 5.14. The van der Waals surface area contributed by atoms with Gasteiger partial charge in [-0.25, -0.2) is 8.42 Å². The maximum atomic E-state index is 12.5. The molecule has 0 spiro atoms. The fraction of sp³-hybridized carbons (Fsp3) is 0.333. The van der Waals surface area contributed by atoms with E-state index in [0.717, 1.165) is 5.56 Å². The molecule has 3 unspecified atom stereocenters. The topological polar surface area (TPSA) is 118 Å². The summed E-state index contributed by atoms with van der Waals surface area (Å²) in [5.74, 6) is 0. The molecule has 1 aromatic heterocycles. The van der Waals surface area contributed by atoms with Gasteiger partial charge in [0, 0.05) is 5.56 Å². The standard InChI is InChI=1S/C15H16O7S4/c1-9-3-5-11(6-4-9)26(20,21)22-13-7-10(2)25(18,19)15-12(13)8-14(23-15)24(16)17/h3-6,8,10,13H,7H2,1-2H3,(H,16,17)/p-1. The maximum Gasteiger partial charge on any atom is 0.297 e. The van der Waals surface area contributed by atoms with Gasteiger partial charge in [-0.15, -0.1) is 11.3 Å². The van der Waals surface area contributed by atoms with Gasteiger partial charge in [-0.2, -0.15) is 8.42 Å². The Morgan fingerprint density at radius 2 is 1.88 bits per heavy atom. The van der Waals surface area contributed by atoms with E-state index in [1.165, 1.54) is 25.1 Å². The molecule has 26 heavy (non-hydrogen) atoms. The van der Waals surface area contributed by atoms with Crippen molar-refractivity contribution < 1.29 is 29.8 Å². The predicted octanol–water partition coefficient (Wildman–Crippen LogP) is 2.31. The molecule has 3 rings (SSSR count). The Bertz CT molecular complexity index is 1070. The van der Waals surface area contributed by atoms with Gasteiger partial charge >= 0.3 is 0 Å². The average Bonchev–Trinajstić information content (AvgIpc) is 3.00. The molecule has 2 aromatic rings. The van der Waals surface area contributed by atoms with Gasteiger partial charge in [0.05, 0.1) is 14.4 Å². The number of rotatable bonds is 4. The third-order valence-corrected chi connectivity index (χ3v) is 10.2. The van der Waals surface area contributed by atoms with E-state index in [0.29, 0.717) is 11.3 Å². The van der Waals surface area contributed by atoms with E-state index < -0.39 is 42.4 Å². The molecule has 0 fully saturated rings. The second-order valence-electron chi connectivity index (χ2n) is 5.99. The molecular weight excluding hydrogens is 420 g/mol. The van der Waals surface area contributed by atoms with Crippen LogP contribution < -0.4 is 0 Å². The van der Waals surface area contributed by atoms with Gasteiger partial charge in [-0.1, -0.05) is 17.7 Å². The van der Waals surface area contributed by atoms with Crippen LogP contribution in [0.15, 0.2) is 43.6 Å². The molecule has 0 N–H and O–H groups in total. The highest BCUT2D eigenvalue weighted by Crippen LogP contribution is 2.44. The number of benzene rings is 1. The molecule has 0 saturated heterocycles. The Labute approximate surface area is 158 Å². The zero-order valence-electron chi connectivity index (χ0n) is 13.7. The van der Waals surface area contributed by atoms with Crippen molar-refractivity contribution in [2.24, 2.45) is 0 Å². The van der Waals surface area contributed by atoms with E-state index in [-0.39, 0.29) is 25.3 Å². The maximum absolute atomic E-state index is 12.5. The number of hydrogen-bond donors (Lipinski definition) is 0. The van der Waals surface area contributed by atoms with Gasteiger partial charge in [0.1, 0.15) is 10.3 Å². The van der Waals surface area contributed by atoms with Crippen LogP contribution in [0, 0.1) is 6.92 Å². The molecule has 0 saturated carbocycles. The molecule has 3 atom stereocenters. The first-order valence-electron chi connectivity index (χ1n) is 7.49. The zero-order chi connectivity index (χ0) is 19.3. The van der Waals surface area contributed by atoms with Crippen LogP contribution in [0.3, 0.4) is 0 Å². The average molecular weight is 436 g/mol. The van der Waals surface area contributed by atoms with Gasteiger partial charge in [-0.05, 0) is 49.5 Å². The molecule has 0 bridgehead atoms. The fourth-order valence-electron chi connectivity index (χ4n) is 2.64. The van der Waals surface area contributed by atoms with Crippen LogP contribution >= 0.6 is 11.3 Å². The second kappa shape index (κ2) is 6.80. The first kappa shape index (κ1) is 19.6. The molecule has 142 valence electrons. The lowest BCUT2D eigenvalue weighted by atomic mass is 10.1. The first-order chi connectivity index (χ1) is 12.0. The number of sulfone groups is 1. The highest BCUT2D eigenvalue weighted by atomic mass is 32.3. The third kappa shape index (κ3) is 3.51. The highest BCUT2D eigenvalue weighted by molar-refractivity contribution is 7.94. The molecule has 1 aliphatic rings. The SMILES string of the molecule is Cc1ccc(S(=O)(=O)OC2CC(C)S(=O)(=O)c3sc(S(=O)[O-])cc32)cc1. The van der Waals surface area contributed by atoms with Crippen LogP contribution in [0.4, 0.5) is 0 Å². The summed E-state index contributed by atoms with van der Waals surface area (Å²) in [6.45, 7) is 3.26. The normalized spacial score (nSPS) is 23.3. The zero-order valence-corrected chi connectivity index (χ0v) is 17.0. The van der Waals surface area contributed by atoms with Gasteiger partial charge in [0.15, 0.2) is 9.84 Å².